The van der Waals surface area contributed by atoms with Gasteiger partial charge in [-0.2, -0.15) is 4.98 Å². The maximum Gasteiger partial charge on any atom is 0.278 e. The fraction of sp³-hybridized carbons (Fsp3) is 0.583. The van der Waals surface area contributed by atoms with E-state index in [-0.39, 0.29) is 11.5 Å². The molecule has 2 aromatic heterocycles. The van der Waals surface area contributed by atoms with Crippen molar-refractivity contribution in [2.45, 2.75) is 38.2 Å². The molecule has 0 aromatic carbocycles. The lowest BCUT2D eigenvalue weighted by atomic mass is 10.0. The van der Waals surface area contributed by atoms with Crippen LogP contribution in [0.15, 0.2) is 4.79 Å². The lowest BCUT2D eigenvalue weighted by Gasteiger charge is -2.21. The summed E-state index contributed by atoms with van der Waals surface area (Å²) in [6.07, 6.45) is 5.44. The monoisotopic (exact) mass is 263 g/mol. The number of aryl methyl sites for hydroxylation is 1. The maximum atomic E-state index is 11.6. The van der Waals surface area contributed by atoms with Crippen molar-refractivity contribution in [3.8, 4) is 0 Å². The van der Waals surface area contributed by atoms with Crippen molar-refractivity contribution in [1.29, 1.82) is 0 Å². The van der Waals surface area contributed by atoms with Gasteiger partial charge in [-0.1, -0.05) is 0 Å². The standard InChI is InChI=1S/C12H17N5O2/c13-12-16-10-9(11(18)17-12)14-8(15-10)5-4-7-3-1-2-6-19-7/h7H,1-6H2,(H4,13,14,15,16,17,18). The van der Waals surface area contributed by atoms with Gasteiger partial charge in [-0.3, -0.25) is 9.78 Å². The van der Waals surface area contributed by atoms with Crippen LogP contribution >= 0.6 is 0 Å². The van der Waals surface area contributed by atoms with E-state index >= 15 is 0 Å². The molecule has 0 radical (unpaired) electrons. The number of hydrogen-bond acceptors (Lipinski definition) is 5. The molecule has 1 atom stereocenters. The molecule has 1 saturated heterocycles. The summed E-state index contributed by atoms with van der Waals surface area (Å²) in [5.41, 5.74) is 5.96. The number of nitrogens with one attached hydrogen (secondary N) is 2. The second kappa shape index (κ2) is 5.00. The lowest BCUT2D eigenvalue weighted by Crippen LogP contribution is -2.19. The van der Waals surface area contributed by atoms with Gasteiger partial charge in [0.2, 0.25) is 5.95 Å². The average molecular weight is 263 g/mol. The van der Waals surface area contributed by atoms with Gasteiger partial charge >= 0.3 is 0 Å². The number of H-pyrrole nitrogens is 2. The van der Waals surface area contributed by atoms with Crippen molar-refractivity contribution in [2.75, 3.05) is 12.3 Å². The zero-order valence-electron chi connectivity index (χ0n) is 10.6. The molecule has 0 aliphatic carbocycles. The smallest absolute Gasteiger partial charge is 0.278 e. The molecule has 0 bridgehead atoms. The highest BCUT2D eigenvalue weighted by Crippen LogP contribution is 2.17. The predicted molar refractivity (Wildman–Crippen MR) is 70.8 cm³/mol. The maximum absolute atomic E-state index is 11.6. The molecule has 102 valence electrons. The molecular weight excluding hydrogens is 246 g/mol. The van der Waals surface area contributed by atoms with E-state index in [1.807, 2.05) is 0 Å². The first-order valence-electron chi connectivity index (χ1n) is 6.58. The van der Waals surface area contributed by atoms with E-state index in [0.717, 1.165) is 38.1 Å². The summed E-state index contributed by atoms with van der Waals surface area (Å²) < 4.78 is 5.67. The fourth-order valence-corrected chi connectivity index (χ4v) is 2.42. The summed E-state index contributed by atoms with van der Waals surface area (Å²) in [7, 11) is 0. The first-order chi connectivity index (χ1) is 9.22. The first kappa shape index (κ1) is 12.2. The fourth-order valence-electron chi connectivity index (χ4n) is 2.42. The van der Waals surface area contributed by atoms with Crippen LogP contribution in [0.4, 0.5) is 5.95 Å². The predicted octanol–water partition coefficient (Wildman–Crippen LogP) is 0.730. The van der Waals surface area contributed by atoms with Crippen LogP contribution in [-0.4, -0.2) is 32.6 Å². The summed E-state index contributed by atoms with van der Waals surface area (Å²) >= 11 is 0. The van der Waals surface area contributed by atoms with Gasteiger partial charge in [0, 0.05) is 13.0 Å². The summed E-state index contributed by atoms with van der Waals surface area (Å²) in [5, 5.41) is 0. The molecular formula is C12H17N5O2. The lowest BCUT2D eigenvalue weighted by molar-refractivity contribution is 0.0112. The van der Waals surface area contributed by atoms with Gasteiger partial charge in [0.05, 0.1) is 6.10 Å². The number of fused-ring (bicyclic) bond motifs is 1. The number of nitrogens with zero attached hydrogens (tertiary/aromatic N) is 2. The van der Waals surface area contributed by atoms with E-state index in [1.54, 1.807) is 0 Å². The molecule has 2 aromatic rings. The number of nitrogens with two attached hydrogens (primary N) is 1. The van der Waals surface area contributed by atoms with Crippen LogP contribution in [0.5, 0.6) is 0 Å². The third-order valence-electron chi connectivity index (χ3n) is 3.41. The number of imidazole rings is 1. The number of rotatable bonds is 3. The van der Waals surface area contributed by atoms with Crippen LogP contribution in [-0.2, 0) is 11.2 Å². The Morgan fingerprint density at radius 3 is 3.00 bits per heavy atom. The molecule has 0 amide bonds. The Balaban J connectivity index is 1.74. The van der Waals surface area contributed by atoms with Crippen LogP contribution in [0.2, 0.25) is 0 Å². The molecule has 7 nitrogen and oxygen atoms in total. The van der Waals surface area contributed by atoms with Crippen LogP contribution in [0.1, 0.15) is 31.5 Å². The highest BCUT2D eigenvalue weighted by Gasteiger charge is 2.15. The van der Waals surface area contributed by atoms with Crippen molar-refractivity contribution in [3.63, 3.8) is 0 Å². The van der Waals surface area contributed by atoms with Crippen molar-refractivity contribution >= 4 is 17.1 Å². The van der Waals surface area contributed by atoms with E-state index < -0.39 is 0 Å². The third-order valence-corrected chi connectivity index (χ3v) is 3.41. The molecule has 0 saturated carbocycles. The average Bonchev–Trinajstić information content (AvgIpc) is 2.81. The Labute approximate surface area is 109 Å². The number of ether oxygens (including phenoxy) is 1. The minimum atomic E-state index is -0.282. The van der Waals surface area contributed by atoms with Gasteiger partial charge in [0.25, 0.3) is 5.56 Å². The van der Waals surface area contributed by atoms with Gasteiger partial charge in [-0.05, 0) is 25.7 Å². The van der Waals surface area contributed by atoms with E-state index in [4.69, 9.17) is 10.5 Å². The summed E-state index contributed by atoms with van der Waals surface area (Å²) in [5.74, 6) is 0.846. The highest BCUT2D eigenvalue weighted by molar-refractivity contribution is 5.70. The molecule has 3 heterocycles. The number of aromatic nitrogens is 4. The van der Waals surface area contributed by atoms with Crippen LogP contribution in [0.3, 0.4) is 0 Å². The van der Waals surface area contributed by atoms with Gasteiger partial charge in [-0.25, -0.2) is 4.98 Å². The van der Waals surface area contributed by atoms with Crippen LogP contribution in [0, 0.1) is 0 Å². The van der Waals surface area contributed by atoms with Crippen LogP contribution < -0.4 is 11.3 Å². The quantitative estimate of drug-likeness (QED) is 0.756. The molecule has 1 aliphatic heterocycles. The van der Waals surface area contributed by atoms with Crippen molar-refractivity contribution in [3.05, 3.63) is 16.2 Å². The molecule has 3 rings (SSSR count). The normalized spacial score (nSPS) is 19.9. The summed E-state index contributed by atoms with van der Waals surface area (Å²) in [4.78, 5) is 25.4. The SMILES string of the molecule is Nc1nc2nc(CCC3CCCCO3)[nH]c2c(=O)[nH]1. The van der Waals surface area contributed by atoms with E-state index in [9.17, 15) is 4.79 Å². The number of hydrogen-bond donors (Lipinski definition) is 3. The Kier molecular flexibility index (Phi) is 3.20. The van der Waals surface area contributed by atoms with Crippen molar-refractivity contribution in [2.24, 2.45) is 0 Å². The second-order valence-electron chi connectivity index (χ2n) is 4.86. The van der Waals surface area contributed by atoms with Crippen LogP contribution in [0.25, 0.3) is 11.2 Å². The molecule has 19 heavy (non-hydrogen) atoms. The zero-order chi connectivity index (χ0) is 13.2. The van der Waals surface area contributed by atoms with Gasteiger partial charge in [0.1, 0.15) is 5.82 Å². The molecule has 1 fully saturated rings. The topological polar surface area (TPSA) is 110 Å². The Morgan fingerprint density at radius 1 is 1.32 bits per heavy atom. The van der Waals surface area contributed by atoms with Gasteiger partial charge in [0.15, 0.2) is 11.2 Å². The Hall–Kier alpha value is -1.89. The largest absolute Gasteiger partial charge is 0.378 e. The van der Waals surface area contributed by atoms with E-state index in [1.165, 1.54) is 6.42 Å². The Morgan fingerprint density at radius 2 is 2.21 bits per heavy atom. The van der Waals surface area contributed by atoms with Gasteiger partial charge in [-0.15, -0.1) is 0 Å². The number of nitrogen functional groups attached to an aromatic ring is 1. The number of anilines is 1. The Bertz CT molecular complexity index is 627. The molecule has 4 N–H and O–H groups in total. The minimum Gasteiger partial charge on any atom is -0.378 e. The van der Waals surface area contributed by atoms with E-state index in [2.05, 4.69) is 19.9 Å². The third kappa shape index (κ3) is 2.60. The summed E-state index contributed by atoms with van der Waals surface area (Å²) in [6.45, 7) is 0.850. The van der Waals surface area contributed by atoms with Crippen molar-refractivity contribution < 1.29 is 4.74 Å². The van der Waals surface area contributed by atoms with Crippen molar-refractivity contribution in [1.82, 2.24) is 19.9 Å². The minimum absolute atomic E-state index is 0.0890. The number of aromatic amines is 2. The van der Waals surface area contributed by atoms with Gasteiger partial charge < -0.3 is 15.5 Å². The van der Waals surface area contributed by atoms with E-state index in [0.29, 0.717) is 17.3 Å². The molecule has 0 spiro atoms. The summed E-state index contributed by atoms with van der Waals surface area (Å²) in [6, 6.07) is 0. The molecule has 1 unspecified atom stereocenters. The molecule has 7 heteroatoms. The molecule has 1 aliphatic rings. The zero-order valence-corrected chi connectivity index (χ0v) is 10.6. The second-order valence-corrected chi connectivity index (χ2v) is 4.86. The first-order valence-corrected chi connectivity index (χ1v) is 6.58. The highest BCUT2D eigenvalue weighted by atomic mass is 16.5.